The second kappa shape index (κ2) is 34.7. The maximum atomic E-state index is 6.38. The fraction of sp³-hybridized carbons (Fsp3) is 0.333. The third-order valence-electron chi connectivity index (χ3n) is 42.0. The SMILES string of the molecule is Brc1cc(Br)c2ccc3c(Br)cc(Br)c4ccc1c2c43.CC1(C)OB(c2ccc3c(c2)C2(C)CCCCC2(C)N3c2ccccc2)OC1(C)C.CC12CCCCC1(C)N(c1ccccc1)c1ccc(-c3cc(-c4ccc5c(c4)C4(C)CCCCC4(C)N5c4ccccc4)c4ccc5c(-c6ccc7c(c6)C6(C)CCCCC6(C)N7c6ccccc6)cc(-c6ccc7c(c6)C6(C)CCCCC6(C)N7c6ccccc6)c6ccc3c4c65)cc12. The minimum Gasteiger partial charge on any atom is -0.399 e. The molecule has 1 saturated heterocycles. The van der Waals surface area contributed by atoms with Crippen LogP contribution in [0.1, 0.15) is 253 Å². The highest BCUT2D eigenvalue weighted by molar-refractivity contribution is 9.11. The molecule has 5 aliphatic carbocycles. The summed E-state index contributed by atoms with van der Waals surface area (Å²) in [5, 5.41) is 15.6. The van der Waals surface area contributed by atoms with E-state index in [0.29, 0.717) is 0 Å². The van der Waals surface area contributed by atoms with Crippen molar-refractivity contribution in [1.29, 1.82) is 0 Å². The smallest absolute Gasteiger partial charge is 0.399 e. The first-order chi connectivity index (χ1) is 72.2. The van der Waals surface area contributed by atoms with Gasteiger partial charge >= 0.3 is 7.12 Å². The average Bonchev–Trinajstić information content (AvgIpc) is 1.09. The molecule has 150 heavy (non-hydrogen) atoms. The highest BCUT2D eigenvalue weighted by Gasteiger charge is 2.64. The Morgan fingerprint density at radius 1 is 0.207 bits per heavy atom. The Bertz CT molecular complexity index is 7710. The summed E-state index contributed by atoms with van der Waals surface area (Å²) in [6.45, 7) is 34.2. The van der Waals surface area contributed by atoms with Crippen LogP contribution in [0, 0.1) is 0 Å². The van der Waals surface area contributed by atoms with Crippen LogP contribution < -0.4 is 30.0 Å². The molecule has 18 aromatic carbocycles. The molecule has 5 saturated carbocycles. The number of hydrogen-bond acceptors (Lipinski definition) is 7. The second-order valence-corrected chi connectivity index (χ2v) is 52.9. The largest absolute Gasteiger partial charge is 0.494 e. The van der Waals surface area contributed by atoms with Gasteiger partial charge in [-0.05, 0) is 408 Å². The summed E-state index contributed by atoms with van der Waals surface area (Å²) < 4.78 is 17.2. The highest BCUT2D eigenvalue weighted by atomic mass is 79.9. The van der Waals surface area contributed by atoms with Gasteiger partial charge in [-0.1, -0.05) is 338 Å². The van der Waals surface area contributed by atoms with Gasteiger partial charge in [0, 0.05) is 102 Å². The Kier molecular flexibility index (Phi) is 22.5. The van der Waals surface area contributed by atoms with Gasteiger partial charge in [0.2, 0.25) is 0 Å². The zero-order valence-electron chi connectivity index (χ0n) is 89.3. The maximum Gasteiger partial charge on any atom is 0.494 e. The molecule has 0 N–H and O–H groups in total. The van der Waals surface area contributed by atoms with Crippen LogP contribution >= 0.6 is 63.7 Å². The maximum absolute atomic E-state index is 6.38. The molecule has 6 fully saturated rings. The van der Waals surface area contributed by atoms with Crippen molar-refractivity contribution >= 4 is 198 Å². The van der Waals surface area contributed by atoms with Crippen molar-refractivity contribution in [3.05, 3.63) is 361 Å². The van der Waals surface area contributed by atoms with Gasteiger partial charge in [-0.2, -0.15) is 0 Å². The number of fused-ring (bicyclic) bond motifs is 15. The van der Waals surface area contributed by atoms with Crippen LogP contribution in [0.15, 0.2) is 333 Å². The molecule has 754 valence electrons. The van der Waals surface area contributed by atoms with Gasteiger partial charge in [-0.15, -0.1) is 0 Å². The Hall–Kier alpha value is -11.1. The molecule has 0 bridgehead atoms. The molecule has 0 amide bonds. The molecule has 0 aromatic heterocycles. The monoisotopic (exact) mass is 2220 g/mol. The minimum absolute atomic E-state index is 0.0458. The van der Waals surface area contributed by atoms with Gasteiger partial charge in [-0.25, -0.2) is 0 Å². The van der Waals surface area contributed by atoms with E-state index >= 15 is 0 Å². The molecule has 6 heterocycles. The van der Waals surface area contributed by atoms with Crippen molar-refractivity contribution in [3.8, 4) is 44.5 Å². The van der Waals surface area contributed by atoms with E-state index in [1.54, 1.807) is 0 Å². The molecule has 18 aromatic rings. The number of halogens is 4. The Morgan fingerprint density at radius 2 is 0.407 bits per heavy atom. The van der Waals surface area contributed by atoms with Crippen LogP contribution in [-0.4, -0.2) is 46.0 Å². The number of anilines is 10. The Balaban J connectivity index is 0.000000179. The first kappa shape index (κ1) is 97.2. The van der Waals surface area contributed by atoms with Crippen LogP contribution in [-0.2, 0) is 36.4 Å². The molecule has 10 unspecified atom stereocenters. The fourth-order valence-corrected chi connectivity index (χ4v) is 35.0. The lowest BCUT2D eigenvalue weighted by Crippen LogP contribution is -2.54. The summed E-state index contributed by atoms with van der Waals surface area (Å²) in [6.07, 6.45) is 24.3. The summed E-state index contributed by atoms with van der Waals surface area (Å²) in [6, 6.07) is 122. The number of rotatable bonds is 10. The number of para-hydroxylation sites is 5. The number of hydrogen-bond donors (Lipinski definition) is 0. The summed E-state index contributed by atoms with van der Waals surface area (Å²) >= 11 is 14.7. The topological polar surface area (TPSA) is 34.7 Å². The molecular weight excluding hydrogens is 2090 g/mol. The Morgan fingerprint density at radius 3 is 0.640 bits per heavy atom. The molecule has 29 rings (SSSR count). The lowest BCUT2D eigenvalue weighted by atomic mass is 9.61. The fourth-order valence-electron chi connectivity index (χ4n) is 32.2. The third kappa shape index (κ3) is 13.6. The van der Waals surface area contributed by atoms with Crippen molar-refractivity contribution in [2.24, 2.45) is 0 Å². The van der Waals surface area contributed by atoms with E-state index < -0.39 is 0 Å². The van der Waals surface area contributed by atoms with E-state index in [1.165, 1.54) is 297 Å². The molecule has 6 aliphatic heterocycles. The highest BCUT2D eigenvalue weighted by Crippen LogP contribution is 2.69. The number of benzene rings is 18. The molecule has 11 aliphatic rings. The lowest BCUT2D eigenvalue weighted by Gasteiger charge is -2.50. The predicted molar refractivity (Wildman–Crippen MR) is 649 cm³/mol. The van der Waals surface area contributed by atoms with Crippen molar-refractivity contribution in [2.45, 2.75) is 291 Å². The zero-order valence-corrected chi connectivity index (χ0v) is 95.7. The van der Waals surface area contributed by atoms with Gasteiger partial charge in [0.05, 0.1) is 38.9 Å². The third-order valence-corrected chi connectivity index (χ3v) is 44.6. The Labute approximate surface area is 920 Å². The van der Waals surface area contributed by atoms with Crippen LogP contribution in [0.5, 0.6) is 0 Å². The van der Waals surface area contributed by atoms with Crippen LogP contribution in [0.3, 0.4) is 0 Å². The normalized spacial score (nSPS) is 27.0. The average molecular weight is 2230 g/mol. The molecule has 12 heteroatoms. The number of nitrogens with zero attached hydrogens (tertiary/aromatic N) is 5. The van der Waals surface area contributed by atoms with E-state index in [0.717, 1.165) is 49.0 Å². The van der Waals surface area contributed by atoms with E-state index in [-0.39, 0.29) is 73.1 Å². The molecule has 0 radical (unpaired) electrons. The molecule has 7 nitrogen and oxygen atoms in total. The summed E-state index contributed by atoms with van der Waals surface area (Å²) in [4.78, 5) is 13.6. The van der Waals surface area contributed by atoms with Crippen molar-refractivity contribution in [3.63, 3.8) is 0 Å². The van der Waals surface area contributed by atoms with Gasteiger partial charge in [-0.3, -0.25) is 0 Å². The van der Waals surface area contributed by atoms with Crippen molar-refractivity contribution in [1.82, 2.24) is 0 Å². The van der Waals surface area contributed by atoms with E-state index in [1.807, 2.05) is 0 Å². The standard InChI is InChI=1S/C96H94N4.C26H34BNO2.C16H6Br4/c1-89-49-21-25-53-93(89,5)97(67-29-13-9-14-30-67)83-45-37-63(57-79(83)89)75-61-76(64-38-46-84-80(58-64)90(2)50-22-26-54-94(90,6)98(84)68-31-15-10-16-32-68)72-43-44-74-78(66-40-48-86-82(60-66)92(4)52-24-28-56-96(92,8)100(86)70-35-19-12-20-36-70)62-77(73-42-41-71(75)87(72)88(73)74)65-39-47-85-81(59-65)91(3)51-23-27-55-95(91,7)99(85)69-33-17-11-18-34-69;1-23(2)24(3,4)30-27(29-23)19-14-15-22-21(18-19)25(5)16-10-11-17-26(25,6)28(22)20-12-8-7-9-13-20;17-11-5-13(19)9-3-4-10-14(20)6-12(18)8-2-1-7(11)15(9)16(8)10/h9-20,29-48,57-62H,21-28,49-56H2,1-8H3;7-9,12-15,18H,10-11,16-17H2,1-6H3;1-6H. The van der Waals surface area contributed by atoms with E-state index in [9.17, 15) is 0 Å². The minimum atomic E-state index is -0.323. The summed E-state index contributed by atoms with van der Waals surface area (Å²) in [5.41, 5.74) is 31.4. The van der Waals surface area contributed by atoms with Gasteiger partial charge in [0.1, 0.15) is 0 Å². The van der Waals surface area contributed by atoms with E-state index in [4.69, 9.17) is 9.31 Å². The van der Waals surface area contributed by atoms with Gasteiger partial charge < -0.3 is 33.8 Å². The first-order valence-electron chi connectivity index (χ1n) is 55.8. The van der Waals surface area contributed by atoms with Crippen molar-refractivity contribution in [2.75, 3.05) is 24.5 Å². The lowest BCUT2D eigenvalue weighted by molar-refractivity contribution is 0.00578. The second-order valence-electron chi connectivity index (χ2n) is 49.5. The van der Waals surface area contributed by atoms with E-state index in [2.05, 4.69) is 501 Å². The summed E-state index contributed by atoms with van der Waals surface area (Å²) in [7, 11) is -0.315. The van der Waals surface area contributed by atoms with Crippen LogP contribution in [0.25, 0.3) is 109 Å². The predicted octanol–water partition coefficient (Wildman–Crippen LogP) is 39.6. The van der Waals surface area contributed by atoms with Gasteiger partial charge in [0.15, 0.2) is 0 Å². The van der Waals surface area contributed by atoms with Gasteiger partial charge in [0.25, 0.3) is 0 Å². The molecule has 10 atom stereocenters. The summed E-state index contributed by atoms with van der Waals surface area (Å²) in [5.74, 6) is 0. The molecular formula is C138H134BBr4N5O2. The zero-order chi connectivity index (χ0) is 103. The quantitative estimate of drug-likeness (QED) is 0.0997. The molecule has 0 spiro atoms. The van der Waals surface area contributed by atoms with Crippen LogP contribution in [0.2, 0.25) is 0 Å². The van der Waals surface area contributed by atoms with Crippen LogP contribution in [0.4, 0.5) is 56.9 Å². The van der Waals surface area contributed by atoms with Crippen molar-refractivity contribution < 1.29 is 9.31 Å². The first-order valence-corrected chi connectivity index (χ1v) is 58.9.